The third-order valence-electron chi connectivity index (χ3n) is 1.53. The monoisotopic (exact) mass is 159 g/mol. The molecule has 0 bridgehead atoms. The number of benzene rings is 1. The Hall–Kier alpha value is -1.84. The molecule has 1 aromatic heterocycles. The van der Waals surface area contributed by atoms with Gasteiger partial charge < -0.3 is 0 Å². The number of aromatic nitrogens is 2. The number of nitroso groups, excluding NO2 is 1. The highest BCUT2D eigenvalue weighted by atomic mass is 16.3. The van der Waals surface area contributed by atoms with Crippen LogP contribution in [0.3, 0.4) is 0 Å². The third kappa shape index (κ3) is 1.03. The molecule has 0 radical (unpaired) electrons. The van der Waals surface area contributed by atoms with Crippen LogP contribution in [0.15, 0.2) is 35.6 Å². The number of nitrogens with zero attached hydrogens (tertiary/aromatic N) is 3. The lowest BCUT2D eigenvalue weighted by Gasteiger charge is -1.93. The standard InChI is InChI=1S/C8H5N3O/c12-11-8-5-9-6-3-1-2-4-7(6)10-8/h1-5H. The molecule has 0 saturated carbocycles. The van der Waals surface area contributed by atoms with Crippen molar-refractivity contribution >= 4 is 16.9 Å². The van der Waals surface area contributed by atoms with Crippen LogP contribution < -0.4 is 0 Å². The van der Waals surface area contributed by atoms with E-state index in [0.717, 1.165) is 5.52 Å². The first kappa shape index (κ1) is 6.84. The van der Waals surface area contributed by atoms with Crippen molar-refractivity contribution in [2.75, 3.05) is 0 Å². The van der Waals surface area contributed by atoms with Crippen LogP contribution in [0.1, 0.15) is 0 Å². The molecule has 0 atom stereocenters. The minimum Gasteiger partial charge on any atom is -0.251 e. The van der Waals surface area contributed by atoms with Crippen molar-refractivity contribution in [1.82, 2.24) is 9.97 Å². The maximum Gasteiger partial charge on any atom is 0.215 e. The molecule has 4 nitrogen and oxygen atoms in total. The highest BCUT2D eigenvalue weighted by molar-refractivity contribution is 5.74. The fourth-order valence-corrected chi connectivity index (χ4v) is 0.991. The maximum absolute atomic E-state index is 10.1. The Morgan fingerprint density at radius 1 is 1.17 bits per heavy atom. The van der Waals surface area contributed by atoms with Gasteiger partial charge in [0.2, 0.25) is 5.82 Å². The van der Waals surface area contributed by atoms with Crippen LogP contribution in [0.25, 0.3) is 11.0 Å². The van der Waals surface area contributed by atoms with Crippen LogP contribution >= 0.6 is 0 Å². The third-order valence-corrected chi connectivity index (χ3v) is 1.53. The fourth-order valence-electron chi connectivity index (χ4n) is 0.991. The second-order valence-corrected chi connectivity index (χ2v) is 2.31. The van der Waals surface area contributed by atoms with Crippen molar-refractivity contribution in [1.29, 1.82) is 0 Å². The Balaban J connectivity index is 2.75. The largest absolute Gasteiger partial charge is 0.251 e. The summed E-state index contributed by atoms with van der Waals surface area (Å²) in [6, 6.07) is 7.32. The molecule has 0 aliphatic heterocycles. The SMILES string of the molecule is O=Nc1cnc2ccccc2n1. The zero-order chi connectivity index (χ0) is 8.39. The lowest BCUT2D eigenvalue weighted by Crippen LogP contribution is -1.81. The van der Waals surface area contributed by atoms with Crippen molar-refractivity contribution in [3.05, 3.63) is 35.4 Å². The highest BCUT2D eigenvalue weighted by Crippen LogP contribution is 2.12. The molecule has 0 spiro atoms. The summed E-state index contributed by atoms with van der Waals surface area (Å²) in [5, 5.41) is 2.70. The van der Waals surface area contributed by atoms with E-state index in [2.05, 4.69) is 15.1 Å². The molecule has 0 saturated heterocycles. The van der Waals surface area contributed by atoms with Crippen LogP contribution in [0.2, 0.25) is 0 Å². The minimum absolute atomic E-state index is 0.119. The molecule has 1 heterocycles. The molecular weight excluding hydrogens is 154 g/mol. The summed E-state index contributed by atoms with van der Waals surface area (Å²) < 4.78 is 0. The van der Waals surface area contributed by atoms with Crippen molar-refractivity contribution in [2.24, 2.45) is 5.18 Å². The molecule has 0 aliphatic carbocycles. The Kier molecular flexibility index (Phi) is 1.51. The number of fused-ring (bicyclic) bond motifs is 1. The Morgan fingerprint density at radius 3 is 2.67 bits per heavy atom. The summed E-state index contributed by atoms with van der Waals surface area (Å²) in [6.07, 6.45) is 1.36. The molecule has 0 N–H and O–H groups in total. The first-order chi connectivity index (χ1) is 5.90. The van der Waals surface area contributed by atoms with Gasteiger partial charge in [-0.3, -0.25) is 4.98 Å². The van der Waals surface area contributed by atoms with Gasteiger partial charge in [-0.05, 0) is 17.3 Å². The van der Waals surface area contributed by atoms with E-state index in [4.69, 9.17) is 0 Å². The summed E-state index contributed by atoms with van der Waals surface area (Å²) in [6.45, 7) is 0. The van der Waals surface area contributed by atoms with Gasteiger partial charge in [0.1, 0.15) is 0 Å². The first-order valence-electron chi connectivity index (χ1n) is 3.45. The van der Waals surface area contributed by atoms with Crippen molar-refractivity contribution in [3.8, 4) is 0 Å². The molecule has 2 aromatic rings. The zero-order valence-corrected chi connectivity index (χ0v) is 6.14. The van der Waals surface area contributed by atoms with Gasteiger partial charge >= 0.3 is 0 Å². The van der Waals surface area contributed by atoms with E-state index in [0.29, 0.717) is 5.52 Å². The topological polar surface area (TPSA) is 55.2 Å². The Bertz CT molecular complexity index is 427. The number of para-hydroxylation sites is 2. The number of rotatable bonds is 1. The van der Waals surface area contributed by atoms with E-state index in [1.54, 1.807) is 6.07 Å². The van der Waals surface area contributed by atoms with Crippen molar-refractivity contribution in [2.45, 2.75) is 0 Å². The van der Waals surface area contributed by atoms with E-state index >= 15 is 0 Å². The van der Waals surface area contributed by atoms with E-state index in [9.17, 15) is 4.91 Å². The summed E-state index contributed by atoms with van der Waals surface area (Å²) in [7, 11) is 0. The second kappa shape index (κ2) is 2.65. The Morgan fingerprint density at radius 2 is 1.92 bits per heavy atom. The van der Waals surface area contributed by atoms with Crippen LogP contribution in [0.4, 0.5) is 5.82 Å². The normalized spacial score (nSPS) is 10.0. The molecule has 0 amide bonds. The van der Waals surface area contributed by atoms with E-state index in [1.807, 2.05) is 18.2 Å². The Labute approximate surface area is 68.2 Å². The van der Waals surface area contributed by atoms with E-state index in [1.165, 1.54) is 6.20 Å². The molecule has 12 heavy (non-hydrogen) atoms. The molecule has 0 fully saturated rings. The number of hydrogen-bond donors (Lipinski definition) is 0. The second-order valence-electron chi connectivity index (χ2n) is 2.31. The van der Waals surface area contributed by atoms with Gasteiger partial charge in [0.05, 0.1) is 17.2 Å². The maximum atomic E-state index is 10.1. The van der Waals surface area contributed by atoms with Crippen LogP contribution in [-0.4, -0.2) is 9.97 Å². The van der Waals surface area contributed by atoms with Gasteiger partial charge in [-0.1, -0.05) is 12.1 Å². The van der Waals surface area contributed by atoms with Crippen LogP contribution in [0, 0.1) is 4.91 Å². The average molecular weight is 159 g/mol. The molecule has 2 rings (SSSR count). The van der Waals surface area contributed by atoms with Gasteiger partial charge in [-0.15, -0.1) is 4.91 Å². The zero-order valence-electron chi connectivity index (χ0n) is 6.14. The van der Waals surface area contributed by atoms with Gasteiger partial charge in [0, 0.05) is 0 Å². The van der Waals surface area contributed by atoms with Gasteiger partial charge in [0.15, 0.2) is 0 Å². The summed E-state index contributed by atoms with van der Waals surface area (Å²) >= 11 is 0. The molecule has 1 aromatic carbocycles. The fraction of sp³-hybridized carbons (Fsp3) is 0. The number of hydrogen-bond acceptors (Lipinski definition) is 4. The molecular formula is C8H5N3O. The van der Waals surface area contributed by atoms with Gasteiger partial charge in [0.25, 0.3) is 0 Å². The summed E-state index contributed by atoms with van der Waals surface area (Å²) in [5.41, 5.74) is 1.46. The summed E-state index contributed by atoms with van der Waals surface area (Å²) in [4.78, 5) is 18.0. The first-order valence-corrected chi connectivity index (χ1v) is 3.45. The summed E-state index contributed by atoms with van der Waals surface area (Å²) in [5.74, 6) is 0.119. The molecule has 4 heteroatoms. The molecule has 58 valence electrons. The molecule has 0 unspecified atom stereocenters. The quantitative estimate of drug-likeness (QED) is 0.598. The van der Waals surface area contributed by atoms with Gasteiger partial charge in [-0.2, -0.15) is 0 Å². The minimum atomic E-state index is 0.119. The smallest absolute Gasteiger partial charge is 0.215 e. The lowest BCUT2D eigenvalue weighted by atomic mass is 10.3. The van der Waals surface area contributed by atoms with Crippen molar-refractivity contribution in [3.63, 3.8) is 0 Å². The van der Waals surface area contributed by atoms with E-state index in [-0.39, 0.29) is 5.82 Å². The van der Waals surface area contributed by atoms with Crippen LogP contribution in [-0.2, 0) is 0 Å². The highest BCUT2D eigenvalue weighted by Gasteiger charge is 1.96. The average Bonchev–Trinajstić information content (AvgIpc) is 2.17. The lowest BCUT2D eigenvalue weighted by molar-refractivity contribution is 1.24. The van der Waals surface area contributed by atoms with Crippen molar-refractivity contribution < 1.29 is 0 Å². The van der Waals surface area contributed by atoms with Gasteiger partial charge in [-0.25, -0.2) is 4.98 Å². The predicted octanol–water partition coefficient (Wildman–Crippen LogP) is 2.03. The molecule has 0 aliphatic rings. The van der Waals surface area contributed by atoms with E-state index < -0.39 is 0 Å². The predicted molar refractivity (Wildman–Crippen MR) is 45.0 cm³/mol. The van der Waals surface area contributed by atoms with Crippen LogP contribution in [0.5, 0.6) is 0 Å².